The number of β-amino-alcohol motifs (C(OH)–C–C–N with tert-alkyl or cyclic N) is 1. The number of hydrogen-bond donors (Lipinski definition) is 4. The van der Waals surface area contributed by atoms with Gasteiger partial charge in [-0.3, -0.25) is 14.5 Å². The van der Waals surface area contributed by atoms with E-state index >= 15 is 4.39 Å². The molecule has 1 aromatic carbocycles. The number of hydrogen-bond acceptors (Lipinski definition) is 19. The number of phenols is 1. The highest BCUT2D eigenvalue weighted by Crippen LogP contribution is 2.49. The molecule has 20 nitrogen and oxygen atoms in total. The van der Waals surface area contributed by atoms with E-state index in [0.29, 0.717) is 68.9 Å². The minimum Gasteiger partial charge on any atom is -0.508 e. The zero-order valence-corrected chi connectivity index (χ0v) is 45.3. The third-order valence-electron chi connectivity index (χ3n) is 15.9. The smallest absolute Gasteiger partial charge is 0.253 e. The van der Waals surface area contributed by atoms with Gasteiger partial charge in [0.05, 0.1) is 52.0 Å². The van der Waals surface area contributed by atoms with Gasteiger partial charge in [0.15, 0.2) is 0 Å². The minimum absolute atomic E-state index is 0.0123. The van der Waals surface area contributed by atoms with E-state index in [1.54, 1.807) is 37.8 Å². The fourth-order valence-corrected chi connectivity index (χ4v) is 13.9. The fourth-order valence-electron chi connectivity index (χ4n) is 11.9. The number of aryl methyl sites for hydroxylation is 2. The first-order valence-corrected chi connectivity index (χ1v) is 28.0. The first-order valence-electron chi connectivity index (χ1n) is 26.3. The largest absolute Gasteiger partial charge is 0.508 e. The predicted octanol–water partition coefficient (Wildman–Crippen LogP) is 7.13. The summed E-state index contributed by atoms with van der Waals surface area (Å²) in [5.74, 6) is 0.126. The Bertz CT molecular complexity index is 3130. The van der Waals surface area contributed by atoms with Gasteiger partial charge in [-0.05, 0) is 109 Å². The maximum atomic E-state index is 15.4. The fraction of sp³-hybridized carbons (Fsp3) is 0.547. The van der Waals surface area contributed by atoms with E-state index in [1.165, 1.54) is 44.4 Å². The SMILES string of the molecule is Cc1ncsc1-c1cc(O)c([C@H](C)NC(=O)[C@@H]2C[C@@H](O)CN2C(=O)[C@H](C(C)C)n2cc(OCC3CCC(N4CCCN(c5nccc(-c6noc([C@@]7(C)CCCc8sc(N)c(C#N)c87)n6)n5)[C@@H](C)C4)CC3)nn2)cc1F. The molecule has 10 rings (SSSR count). The number of anilines is 2. The first-order chi connectivity index (χ1) is 36.5. The van der Waals surface area contributed by atoms with Crippen molar-refractivity contribution in [2.75, 3.05) is 43.4 Å². The summed E-state index contributed by atoms with van der Waals surface area (Å²) in [6.07, 6.45) is 10.0. The lowest BCUT2D eigenvalue weighted by Crippen LogP contribution is -2.49. The molecule has 0 bridgehead atoms. The summed E-state index contributed by atoms with van der Waals surface area (Å²) in [6.45, 7) is 14.5. The Kier molecular flexibility index (Phi) is 15.1. The van der Waals surface area contributed by atoms with Gasteiger partial charge in [-0.25, -0.2) is 24.0 Å². The zero-order chi connectivity index (χ0) is 53.6. The highest BCUT2D eigenvalue weighted by atomic mass is 32.1. The number of aromatic nitrogens is 8. The molecule has 2 aliphatic heterocycles. The molecule has 2 aliphatic carbocycles. The Hall–Kier alpha value is -6.61. The number of nitrogens with one attached hydrogen (secondary N) is 1. The number of aliphatic hydroxyl groups is 1. The van der Waals surface area contributed by atoms with Crippen molar-refractivity contribution < 1.29 is 33.5 Å². The number of nitriles is 1. The molecule has 2 amide bonds. The average molecular weight is 1080 g/mol. The highest BCUT2D eigenvalue weighted by molar-refractivity contribution is 7.16. The lowest BCUT2D eigenvalue weighted by atomic mass is 9.72. The molecule has 3 fully saturated rings. The van der Waals surface area contributed by atoms with Gasteiger partial charge < -0.3 is 40.3 Å². The maximum Gasteiger partial charge on any atom is 0.253 e. The van der Waals surface area contributed by atoms with E-state index in [4.69, 9.17) is 29.9 Å². The van der Waals surface area contributed by atoms with Crippen LogP contribution >= 0.6 is 22.7 Å². The summed E-state index contributed by atoms with van der Waals surface area (Å²) in [7, 11) is 0. The number of fused-ring (bicyclic) bond motifs is 1. The summed E-state index contributed by atoms with van der Waals surface area (Å²) in [5.41, 5.74) is 10.3. The third-order valence-corrected chi connectivity index (χ3v) is 18.0. The number of amides is 2. The highest BCUT2D eigenvalue weighted by Gasteiger charge is 2.45. The van der Waals surface area contributed by atoms with Crippen LogP contribution in [0.2, 0.25) is 0 Å². The molecule has 2 saturated heterocycles. The topological polar surface area (TPSA) is 264 Å². The third kappa shape index (κ3) is 10.4. The number of ether oxygens (including phenoxy) is 1. The number of benzene rings is 1. The quantitative estimate of drug-likeness (QED) is 0.0845. The molecule has 0 unspecified atom stereocenters. The van der Waals surface area contributed by atoms with Crippen LogP contribution in [0.25, 0.3) is 22.0 Å². The van der Waals surface area contributed by atoms with Gasteiger partial charge in [-0.2, -0.15) is 10.2 Å². The zero-order valence-electron chi connectivity index (χ0n) is 43.6. The molecule has 4 aliphatic rings. The van der Waals surface area contributed by atoms with Gasteiger partial charge in [-0.1, -0.05) is 29.3 Å². The standard InChI is InChI=1S/C53H65FN14O6S2/c1-28(2)45(50(72)67-24-34(69)19-40(67)49(71)59-30(4)35-20-38(54)36(21-41(35)70)46-31(5)58-27-75-46)68-25-43(62-64-68)73-26-32-10-12-33(13-11-32)65-17-8-18-66(29(3)23-65)52-57-16-14-39(60-52)48-61-51(74-63-48)53(6)15-7-9-42-44(53)37(22-55)47(56)76-42/h14,16,20-21,25,27-30,32-34,40,45,69-70H,7-13,15,17-19,23-24,26,56H2,1-6H3,(H,59,71)/t29-,30-,32?,33?,34+,40-,45-,53-/m0/s1. The van der Waals surface area contributed by atoms with E-state index in [2.05, 4.69) is 55.5 Å². The average Bonchev–Trinajstić information content (AvgIpc) is 4.31. The number of phenolic OH excluding ortho intramolecular Hbond substituents is 1. The van der Waals surface area contributed by atoms with Crippen molar-refractivity contribution in [1.82, 2.24) is 55.2 Å². The van der Waals surface area contributed by atoms with Crippen LogP contribution in [-0.2, 0) is 21.4 Å². The molecular formula is C53H65FN14O6S2. The molecule has 76 heavy (non-hydrogen) atoms. The predicted molar refractivity (Wildman–Crippen MR) is 283 cm³/mol. The second-order valence-electron chi connectivity index (χ2n) is 21.5. The van der Waals surface area contributed by atoms with Crippen molar-refractivity contribution >= 4 is 45.4 Å². The number of nitrogens with two attached hydrogens (primary N) is 1. The Balaban J connectivity index is 0.715. The van der Waals surface area contributed by atoms with Gasteiger partial charge in [0, 0.05) is 72.4 Å². The van der Waals surface area contributed by atoms with E-state index in [-0.39, 0.29) is 41.8 Å². The van der Waals surface area contributed by atoms with Crippen LogP contribution < -0.4 is 20.7 Å². The van der Waals surface area contributed by atoms with E-state index in [9.17, 15) is 25.1 Å². The second kappa shape index (κ2) is 21.8. The van der Waals surface area contributed by atoms with Crippen LogP contribution in [0.3, 0.4) is 0 Å². The molecule has 23 heteroatoms. The summed E-state index contributed by atoms with van der Waals surface area (Å²) in [4.78, 5) is 54.8. The van der Waals surface area contributed by atoms with Crippen LogP contribution in [0.15, 0.2) is 40.6 Å². The lowest BCUT2D eigenvalue weighted by molar-refractivity contribution is -0.142. The molecule has 6 aromatic rings. The number of likely N-dealkylation sites (tertiary alicyclic amines) is 1. The maximum absolute atomic E-state index is 15.4. The van der Waals surface area contributed by atoms with Crippen molar-refractivity contribution in [3.05, 3.63) is 75.1 Å². The second-order valence-corrected chi connectivity index (χ2v) is 23.5. The number of halogens is 1. The van der Waals surface area contributed by atoms with Crippen molar-refractivity contribution in [3.8, 4) is 39.7 Å². The van der Waals surface area contributed by atoms with Crippen molar-refractivity contribution in [2.24, 2.45) is 11.8 Å². The lowest BCUT2D eigenvalue weighted by Gasteiger charge is -2.37. The van der Waals surface area contributed by atoms with Gasteiger partial charge in [0.2, 0.25) is 29.5 Å². The summed E-state index contributed by atoms with van der Waals surface area (Å²) in [5, 5.41) is 48.0. The molecule has 1 saturated carbocycles. The van der Waals surface area contributed by atoms with Crippen LogP contribution in [0.5, 0.6) is 11.6 Å². The molecule has 0 radical (unpaired) electrons. The van der Waals surface area contributed by atoms with Gasteiger partial charge in [0.25, 0.3) is 5.88 Å². The normalized spacial score (nSPS) is 24.0. The van der Waals surface area contributed by atoms with Gasteiger partial charge >= 0.3 is 0 Å². The number of nitrogens with zero attached hydrogens (tertiary/aromatic N) is 12. The number of carbonyl (C=O) groups excluding carboxylic acids is 2. The van der Waals surface area contributed by atoms with Crippen LogP contribution in [0.4, 0.5) is 15.3 Å². The summed E-state index contributed by atoms with van der Waals surface area (Å²) in [6, 6.07) is 4.56. The van der Waals surface area contributed by atoms with E-state index < -0.39 is 47.3 Å². The summed E-state index contributed by atoms with van der Waals surface area (Å²) < 4.78 is 29.0. The molecular weight excluding hydrogens is 1010 g/mol. The Labute approximate surface area is 448 Å². The summed E-state index contributed by atoms with van der Waals surface area (Å²) >= 11 is 2.74. The molecule has 5 N–H and O–H groups in total. The van der Waals surface area contributed by atoms with Gasteiger partial charge in [-0.15, -0.1) is 22.7 Å². The number of carbonyl (C=O) groups is 2. The Morgan fingerprint density at radius 2 is 1.92 bits per heavy atom. The molecule has 7 heterocycles. The number of rotatable bonds is 14. The number of thiazole rings is 1. The van der Waals surface area contributed by atoms with Crippen molar-refractivity contribution in [3.63, 3.8) is 0 Å². The van der Waals surface area contributed by atoms with E-state index in [1.807, 2.05) is 13.8 Å². The molecule has 6 atom stereocenters. The molecule has 0 spiro atoms. The van der Waals surface area contributed by atoms with Crippen molar-refractivity contribution in [1.29, 1.82) is 5.26 Å². The minimum atomic E-state index is -1.01. The van der Waals surface area contributed by atoms with E-state index in [0.717, 1.165) is 81.4 Å². The number of thiophene rings is 1. The molecule has 402 valence electrons. The molecule has 5 aromatic heterocycles. The Morgan fingerprint density at radius 3 is 2.67 bits per heavy atom. The van der Waals surface area contributed by atoms with Crippen molar-refractivity contribution in [2.45, 2.75) is 141 Å². The Morgan fingerprint density at radius 1 is 1.12 bits per heavy atom. The van der Waals surface area contributed by atoms with Crippen LogP contribution in [0.1, 0.15) is 131 Å². The van der Waals surface area contributed by atoms with Crippen LogP contribution in [-0.4, -0.2) is 129 Å². The monoisotopic (exact) mass is 1080 g/mol. The number of nitrogen functional groups attached to an aromatic ring is 1. The number of aliphatic hydroxyl groups excluding tert-OH is 1. The van der Waals surface area contributed by atoms with Crippen LogP contribution in [0, 0.1) is 35.9 Å². The van der Waals surface area contributed by atoms with Gasteiger partial charge in [0.1, 0.15) is 40.4 Å². The number of aromatic hydroxyl groups is 1. The first kappa shape index (κ1) is 52.8.